The molecule has 118 valence electrons. The fourth-order valence-corrected chi connectivity index (χ4v) is 3.51. The second kappa shape index (κ2) is 6.08. The van der Waals surface area contributed by atoms with E-state index in [0.717, 1.165) is 49.5 Å². The fourth-order valence-electron chi connectivity index (χ4n) is 3.51. The molecule has 0 spiro atoms. The number of imidazole rings is 1. The van der Waals surface area contributed by atoms with Crippen LogP contribution >= 0.6 is 0 Å². The molecule has 1 atom stereocenters. The Morgan fingerprint density at radius 3 is 2.87 bits per heavy atom. The molecule has 3 aromatic heterocycles. The summed E-state index contributed by atoms with van der Waals surface area (Å²) in [5.41, 5.74) is 3.15. The van der Waals surface area contributed by atoms with Crippen molar-refractivity contribution in [3.63, 3.8) is 0 Å². The van der Waals surface area contributed by atoms with Crippen molar-refractivity contribution in [3.05, 3.63) is 54.2 Å². The highest BCUT2D eigenvalue weighted by molar-refractivity contribution is 5.71. The van der Waals surface area contributed by atoms with E-state index in [9.17, 15) is 0 Å². The Morgan fingerprint density at radius 1 is 1.13 bits per heavy atom. The summed E-state index contributed by atoms with van der Waals surface area (Å²) in [6.45, 7) is 6.14. The summed E-state index contributed by atoms with van der Waals surface area (Å²) < 4.78 is 2.27. The van der Waals surface area contributed by atoms with Crippen LogP contribution < -0.4 is 0 Å². The van der Waals surface area contributed by atoms with E-state index in [1.165, 1.54) is 5.82 Å². The highest BCUT2D eigenvalue weighted by atomic mass is 15.2. The van der Waals surface area contributed by atoms with Crippen LogP contribution in [0.4, 0.5) is 0 Å². The largest absolute Gasteiger partial charge is 0.313 e. The van der Waals surface area contributed by atoms with Crippen LogP contribution in [0.15, 0.2) is 42.7 Å². The number of rotatable bonds is 4. The summed E-state index contributed by atoms with van der Waals surface area (Å²) in [5, 5.41) is 0. The van der Waals surface area contributed by atoms with Gasteiger partial charge >= 0.3 is 0 Å². The number of aryl methyl sites for hydroxylation is 1. The SMILES string of the molecule is CCn1c(C2CCN(Cc3ccccn3)C2)nc2cccnc21. The van der Waals surface area contributed by atoms with Gasteiger partial charge in [-0.25, -0.2) is 9.97 Å². The molecule has 0 N–H and O–H groups in total. The van der Waals surface area contributed by atoms with E-state index >= 15 is 0 Å². The lowest BCUT2D eigenvalue weighted by molar-refractivity contribution is 0.321. The minimum absolute atomic E-state index is 0.480. The topological polar surface area (TPSA) is 46.8 Å². The standard InChI is InChI=1S/C18H21N5/c1-2-23-17(21-16-7-5-10-20-18(16)23)14-8-11-22(12-14)13-15-6-3-4-9-19-15/h3-7,9-10,14H,2,8,11-13H2,1H3. The Labute approximate surface area is 136 Å². The van der Waals surface area contributed by atoms with Crippen LogP contribution in [-0.4, -0.2) is 37.5 Å². The maximum absolute atomic E-state index is 4.87. The predicted octanol–water partition coefficient (Wildman–Crippen LogP) is 2.84. The van der Waals surface area contributed by atoms with Gasteiger partial charge in [0.15, 0.2) is 5.65 Å². The number of nitrogens with zero attached hydrogens (tertiary/aromatic N) is 5. The summed E-state index contributed by atoms with van der Waals surface area (Å²) in [6.07, 6.45) is 4.86. The Bertz CT molecular complexity index is 796. The van der Waals surface area contributed by atoms with Gasteiger partial charge < -0.3 is 4.57 Å². The van der Waals surface area contributed by atoms with E-state index < -0.39 is 0 Å². The number of aromatic nitrogens is 4. The van der Waals surface area contributed by atoms with Gasteiger partial charge in [-0.1, -0.05) is 6.07 Å². The zero-order valence-electron chi connectivity index (χ0n) is 13.4. The third-order valence-corrected chi connectivity index (χ3v) is 4.60. The summed E-state index contributed by atoms with van der Waals surface area (Å²) >= 11 is 0. The molecule has 0 amide bonds. The zero-order valence-corrected chi connectivity index (χ0v) is 13.4. The molecule has 5 heteroatoms. The molecule has 23 heavy (non-hydrogen) atoms. The summed E-state index contributed by atoms with van der Waals surface area (Å²) in [7, 11) is 0. The maximum atomic E-state index is 4.87. The number of fused-ring (bicyclic) bond motifs is 1. The summed E-state index contributed by atoms with van der Waals surface area (Å²) in [4.78, 5) is 16.3. The molecule has 0 bridgehead atoms. The number of hydrogen-bond acceptors (Lipinski definition) is 4. The van der Waals surface area contributed by atoms with Gasteiger partial charge in [-0.15, -0.1) is 0 Å². The molecule has 3 aromatic rings. The first-order valence-electron chi connectivity index (χ1n) is 8.28. The van der Waals surface area contributed by atoms with E-state index in [-0.39, 0.29) is 0 Å². The lowest BCUT2D eigenvalue weighted by atomic mass is 10.1. The highest BCUT2D eigenvalue weighted by Crippen LogP contribution is 2.29. The van der Waals surface area contributed by atoms with Gasteiger partial charge in [0.25, 0.3) is 0 Å². The lowest BCUT2D eigenvalue weighted by Crippen LogP contribution is -2.21. The van der Waals surface area contributed by atoms with Crippen molar-refractivity contribution >= 4 is 11.2 Å². The molecule has 1 unspecified atom stereocenters. The monoisotopic (exact) mass is 307 g/mol. The number of likely N-dealkylation sites (tertiary alicyclic amines) is 1. The van der Waals surface area contributed by atoms with Crippen LogP contribution in [0.25, 0.3) is 11.2 Å². The van der Waals surface area contributed by atoms with Crippen molar-refractivity contribution in [1.29, 1.82) is 0 Å². The van der Waals surface area contributed by atoms with Crippen molar-refractivity contribution in [1.82, 2.24) is 24.4 Å². The number of pyridine rings is 2. The Balaban J connectivity index is 1.56. The first kappa shape index (κ1) is 14.3. The lowest BCUT2D eigenvalue weighted by Gasteiger charge is -2.16. The molecular weight excluding hydrogens is 286 g/mol. The van der Waals surface area contributed by atoms with Gasteiger partial charge in [0.1, 0.15) is 11.3 Å². The molecule has 4 heterocycles. The smallest absolute Gasteiger partial charge is 0.159 e. The molecule has 5 nitrogen and oxygen atoms in total. The highest BCUT2D eigenvalue weighted by Gasteiger charge is 2.28. The molecule has 1 aliphatic rings. The predicted molar refractivity (Wildman–Crippen MR) is 90.1 cm³/mol. The van der Waals surface area contributed by atoms with E-state index in [1.807, 2.05) is 24.5 Å². The third-order valence-electron chi connectivity index (χ3n) is 4.60. The van der Waals surface area contributed by atoms with Crippen molar-refractivity contribution < 1.29 is 0 Å². The molecule has 0 saturated carbocycles. The van der Waals surface area contributed by atoms with Crippen LogP contribution in [0, 0.1) is 0 Å². The first-order valence-corrected chi connectivity index (χ1v) is 8.28. The quantitative estimate of drug-likeness (QED) is 0.743. The first-order chi connectivity index (χ1) is 11.3. The Morgan fingerprint density at radius 2 is 2.04 bits per heavy atom. The van der Waals surface area contributed by atoms with Crippen LogP contribution in [0.5, 0.6) is 0 Å². The van der Waals surface area contributed by atoms with Gasteiger partial charge in [-0.05, 0) is 44.2 Å². The molecule has 4 rings (SSSR count). The molecule has 0 aliphatic carbocycles. The molecule has 1 fully saturated rings. The average Bonchev–Trinajstić information content (AvgIpc) is 3.19. The van der Waals surface area contributed by atoms with Gasteiger partial charge in [-0.2, -0.15) is 0 Å². The Kier molecular flexibility index (Phi) is 3.79. The van der Waals surface area contributed by atoms with Gasteiger partial charge in [0.2, 0.25) is 0 Å². The van der Waals surface area contributed by atoms with Crippen LogP contribution in [0.2, 0.25) is 0 Å². The van der Waals surface area contributed by atoms with Gasteiger partial charge in [0.05, 0.1) is 5.69 Å². The Hall–Kier alpha value is -2.27. The minimum atomic E-state index is 0.480. The normalized spacial score (nSPS) is 18.7. The second-order valence-corrected chi connectivity index (χ2v) is 6.10. The molecule has 1 saturated heterocycles. The number of hydrogen-bond donors (Lipinski definition) is 0. The van der Waals surface area contributed by atoms with E-state index in [1.54, 1.807) is 0 Å². The van der Waals surface area contributed by atoms with Gasteiger partial charge in [-0.3, -0.25) is 9.88 Å². The summed E-state index contributed by atoms with van der Waals surface area (Å²) in [5.74, 6) is 1.66. The van der Waals surface area contributed by atoms with Crippen molar-refractivity contribution in [2.75, 3.05) is 13.1 Å². The third kappa shape index (κ3) is 2.72. The van der Waals surface area contributed by atoms with Crippen molar-refractivity contribution in [3.8, 4) is 0 Å². The molecule has 0 radical (unpaired) electrons. The van der Waals surface area contributed by atoms with E-state index in [4.69, 9.17) is 4.98 Å². The minimum Gasteiger partial charge on any atom is -0.313 e. The van der Waals surface area contributed by atoms with E-state index in [2.05, 4.69) is 44.6 Å². The second-order valence-electron chi connectivity index (χ2n) is 6.10. The molecular formula is C18H21N5. The zero-order chi connectivity index (χ0) is 15.6. The molecule has 0 aromatic carbocycles. The van der Waals surface area contributed by atoms with Crippen LogP contribution in [0.1, 0.15) is 30.8 Å². The summed E-state index contributed by atoms with van der Waals surface area (Å²) in [6, 6.07) is 10.1. The average molecular weight is 307 g/mol. The van der Waals surface area contributed by atoms with Crippen LogP contribution in [-0.2, 0) is 13.1 Å². The van der Waals surface area contributed by atoms with Crippen molar-refractivity contribution in [2.24, 2.45) is 0 Å². The van der Waals surface area contributed by atoms with Crippen LogP contribution in [0.3, 0.4) is 0 Å². The maximum Gasteiger partial charge on any atom is 0.159 e. The molecule has 1 aliphatic heterocycles. The fraction of sp³-hybridized carbons (Fsp3) is 0.389. The van der Waals surface area contributed by atoms with Gasteiger partial charge in [0, 0.05) is 37.9 Å². The van der Waals surface area contributed by atoms with Crippen molar-refractivity contribution in [2.45, 2.75) is 32.4 Å². The van der Waals surface area contributed by atoms with E-state index in [0.29, 0.717) is 5.92 Å².